The van der Waals surface area contributed by atoms with Crippen LogP contribution in [-0.4, -0.2) is 28.8 Å². The second-order valence-electron chi connectivity index (χ2n) is 5.36. The van der Waals surface area contributed by atoms with E-state index in [9.17, 15) is 0 Å². The first kappa shape index (κ1) is 8.21. The van der Waals surface area contributed by atoms with E-state index in [-0.39, 0.29) is 11.2 Å². The van der Waals surface area contributed by atoms with E-state index in [2.05, 4.69) is 29.6 Å². The van der Waals surface area contributed by atoms with Gasteiger partial charge in [0.25, 0.3) is 0 Å². The van der Waals surface area contributed by atoms with E-state index in [1.807, 2.05) is 0 Å². The Morgan fingerprint density at radius 3 is 3.08 bits per heavy atom. The fourth-order valence-electron chi connectivity index (χ4n) is 3.01. The topological polar surface area (TPSA) is 29.1 Å². The van der Waals surface area contributed by atoms with Gasteiger partial charge in [0.15, 0.2) is 0 Å². The Kier molecular flexibility index (Phi) is 1.43. The van der Waals surface area contributed by atoms with Crippen molar-refractivity contribution in [2.45, 2.75) is 56.8 Å². The summed E-state index contributed by atoms with van der Waals surface area (Å²) in [5.74, 6) is 0. The summed E-state index contributed by atoms with van der Waals surface area (Å²) in [6.45, 7) is 5.64. The summed E-state index contributed by atoms with van der Waals surface area (Å²) in [4.78, 5) is 0. The Morgan fingerprint density at radius 1 is 1.38 bits per heavy atom. The predicted octanol–water partition coefficient (Wildman–Crippen LogP) is 1.61. The summed E-state index contributed by atoms with van der Waals surface area (Å²) in [6.07, 6.45) is 5.32. The van der Waals surface area contributed by atoms with Gasteiger partial charge in [0.2, 0.25) is 0 Å². The average Bonchev–Trinajstić information content (AvgIpc) is 2.70. The minimum atomic E-state index is 0.244. The molecule has 3 fully saturated rings. The van der Waals surface area contributed by atoms with Crippen molar-refractivity contribution in [3.63, 3.8) is 0 Å². The zero-order chi connectivity index (χ0) is 9.10. The highest BCUT2D eigenvalue weighted by molar-refractivity contribution is 5.31. The highest BCUT2D eigenvalue weighted by Gasteiger charge is 2.50. The normalized spacial score (nSPS) is 52.2. The molecule has 3 aliphatic rings. The fraction of sp³-hybridized carbons (Fsp3) is 1.00. The fourth-order valence-corrected chi connectivity index (χ4v) is 3.01. The summed E-state index contributed by atoms with van der Waals surface area (Å²) < 4.78 is 0. The van der Waals surface area contributed by atoms with E-state index in [1.54, 1.807) is 0 Å². The van der Waals surface area contributed by atoms with E-state index in [0.29, 0.717) is 6.04 Å². The van der Waals surface area contributed by atoms with Gasteiger partial charge in [-0.2, -0.15) is 0 Å². The van der Waals surface area contributed by atoms with Crippen LogP contribution >= 0.6 is 0 Å². The van der Waals surface area contributed by atoms with Crippen molar-refractivity contribution < 1.29 is 0 Å². The highest BCUT2D eigenvalue weighted by Crippen LogP contribution is 2.55. The van der Waals surface area contributed by atoms with Gasteiger partial charge in [-0.3, -0.25) is 0 Å². The van der Waals surface area contributed by atoms with Gasteiger partial charge in [-0.15, -0.1) is 0 Å². The van der Waals surface area contributed by atoms with Crippen LogP contribution < -0.4 is 5.32 Å². The minimum absolute atomic E-state index is 0.244. The molecule has 2 unspecified atom stereocenters. The number of rotatable bonds is 0. The molecule has 3 atom stereocenters. The SMILES string of the molecule is CC1(C)CN2[N-]C23CCCC[C@@H]3N1. The number of piperazine rings is 1. The highest BCUT2D eigenvalue weighted by atomic mass is 15.8. The van der Waals surface area contributed by atoms with Crippen molar-refractivity contribution in [3.05, 3.63) is 5.43 Å². The Bertz CT molecular complexity index is 238. The number of hydrogen-bond acceptors (Lipinski definition) is 2. The lowest BCUT2D eigenvalue weighted by Gasteiger charge is -2.48. The molecule has 0 aromatic heterocycles. The maximum atomic E-state index is 4.67. The van der Waals surface area contributed by atoms with Gasteiger partial charge in [0.1, 0.15) is 0 Å². The molecule has 1 saturated carbocycles. The second kappa shape index (κ2) is 2.27. The molecule has 3 rings (SSSR count). The number of hydrogen-bond donors (Lipinski definition) is 1. The molecule has 0 aromatic carbocycles. The van der Waals surface area contributed by atoms with Crippen LogP contribution in [0.1, 0.15) is 39.5 Å². The van der Waals surface area contributed by atoms with Crippen LogP contribution in [0, 0.1) is 0 Å². The van der Waals surface area contributed by atoms with Gasteiger partial charge >= 0.3 is 0 Å². The Morgan fingerprint density at radius 2 is 2.23 bits per heavy atom. The van der Waals surface area contributed by atoms with Crippen LogP contribution in [0.5, 0.6) is 0 Å². The maximum absolute atomic E-state index is 4.67. The molecular weight excluding hydrogens is 162 g/mol. The molecule has 0 radical (unpaired) electrons. The zero-order valence-corrected chi connectivity index (χ0v) is 8.51. The molecule has 1 spiro atoms. The van der Waals surface area contributed by atoms with Crippen LogP contribution in [0.3, 0.4) is 0 Å². The Hall–Kier alpha value is -0.120. The quantitative estimate of drug-likeness (QED) is 0.574. The van der Waals surface area contributed by atoms with E-state index < -0.39 is 0 Å². The van der Waals surface area contributed by atoms with Crippen molar-refractivity contribution in [1.29, 1.82) is 0 Å². The van der Waals surface area contributed by atoms with Crippen LogP contribution in [0.15, 0.2) is 0 Å². The third-order valence-corrected chi connectivity index (χ3v) is 3.66. The molecule has 13 heavy (non-hydrogen) atoms. The summed E-state index contributed by atoms with van der Waals surface area (Å²) in [6, 6.07) is 0.630. The van der Waals surface area contributed by atoms with Gasteiger partial charge in [-0.05, 0) is 26.8 Å². The molecule has 0 amide bonds. The van der Waals surface area contributed by atoms with Gasteiger partial charge in [0, 0.05) is 11.6 Å². The molecule has 3 nitrogen and oxygen atoms in total. The van der Waals surface area contributed by atoms with Gasteiger partial charge in [-0.1, -0.05) is 24.9 Å². The van der Waals surface area contributed by atoms with E-state index in [1.165, 1.54) is 25.7 Å². The lowest BCUT2D eigenvalue weighted by atomic mass is 9.83. The molecule has 2 heterocycles. The number of nitrogens with zero attached hydrogens (tertiary/aromatic N) is 2. The zero-order valence-electron chi connectivity index (χ0n) is 8.51. The molecule has 3 heteroatoms. The second-order valence-corrected chi connectivity index (χ2v) is 5.36. The molecule has 0 aromatic rings. The van der Waals surface area contributed by atoms with Crippen LogP contribution in [0.4, 0.5) is 0 Å². The molecule has 74 valence electrons. The lowest BCUT2D eigenvalue weighted by molar-refractivity contribution is 0.127. The van der Waals surface area contributed by atoms with E-state index >= 15 is 0 Å². The monoisotopic (exact) mass is 180 g/mol. The van der Waals surface area contributed by atoms with Gasteiger partial charge < -0.3 is 15.8 Å². The molecular formula is C10H18N3-. The maximum Gasteiger partial charge on any atom is 0.0240 e. The molecule has 0 bridgehead atoms. The van der Waals surface area contributed by atoms with Crippen molar-refractivity contribution in [1.82, 2.24) is 10.3 Å². The first-order chi connectivity index (χ1) is 6.12. The van der Waals surface area contributed by atoms with Crippen LogP contribution in [0.2, 0.25) is 0 Å². The molecule has 1 N–H and O–H groups in total. The van der Waals surface area contributed by atoms with E-state index in [4.69, 9.17) is 0 Å². The summed E-state index contributed by atoms with van der Waals surface area (Å²) in [5, 5.41) is 6.07. The Labute approximate surface area is 79.8 Å². The average molecular weight is 180 g/mol. The third kappa shape index (κ3) is 1.07. The van der Waals surface area contributed by atoms with Crippen molar-refractivity contribution in [2.24, 2.45) is 0 Å². The van der Waals surface area contributed by atoms with Gasteiger partial charge in [0.05, 0.1) is 0 Å². The molecule has 2 aliphatic heterocycles. The van der Waals surface area contributed by atoms with E-state index in [0.717, 1.165) is 6.54 Å². The summed E-state index contributed by atoms with van der Waals surface area (Å²) in [5.41, 5.74) is 5.17. The Balaban J connectivity index is 1.84. The van der Waals surface area contributed by atoms with Crippen molar-refractivity contribution in [3.8, 4) is 0 Å². The predicted molar refractivity (Wildman–Crippen MR) is 52.3 cm³/mol. The lowest BCUT2D eigenvalue weighted by Crippen LogP contribution is -2.62. The van der Waals surface area contributed by atoms with Crippen LogP contribution in [0.25, 0.3) is 5.43 Å². The smallest absolute Gasteiger partial charge is 0.0240 e. The van der Waals surface area contributed by atoms with Crippen molar-refractivity contribution >= 4 is 0 Å². The standard InChI is InChI=1S/C10H18N3/c1-9(2)7-13-10(12-13)6-4-3-5-8(10)11-9/h8,11H,3-7H2,1-2H3/q-1/t8-,10?,13?/m0/s1. The minimum Gasteiger partial charge on any atom is -0.577 e. The third-order valence-electron chi connectivity index (χ3n) is 3.66. The van der Waals surface area contributed by atoms with Crippen LogP contribution in [-0.2, 0) is 0 Å². The largest absolute Gasteiger partial charge is 0.577 e. The summed E-state index contributed by atoms with van der Waals surface area (Å²) in [7, 11) is 0. The number of nitrogens with one attached hydrogen (secondary N) is 1. The van der Waals surface area contributed by atoms with Gasteiger partial charge in [-0.25, -0.2) is 0 Å². The first-order valence-corrected chi connectivity index (χ1v) is 5.41. The molecule has 1 aliphatic carbocycles. The first-order valence-electron chi connectivity index (χ1n) is 5.41. The van der Waals surface area contributed by atoms with Crippen molar-refractivity contribution in [2.75, 3.05) is 6.54 Å². The molecule has 2 saturated heterocycles. The summed E-state index contributed by atoms with van der Waals surface area (Å²) >= 11 is 0.